The van der Waals surface area contributed by atoms with E-state index in [-0.39, 0.29) is 30.5 Å². The minimum absolute atomic E-state index is 0.117. The predicted molar refractivity (Wildman–Crippen MR) is 96.0 cm³/mol. The maximum atomic E-state index is 12.9. The normalized spacial score (nSPS) is 13.1. The first-order valence-corrected chi connectivity index (χ1v) is 8.61. The highest BCUT2D eigenvalue weighted by Crippen LogP contribution is 2.32. The molecule has 0 radical (unpaired) electrons. The van der Waals surface area contributed by atoms with Crippen LogP contribution >= 0.6 is 0 Å². The number of fused-ring (bicyclic) bond motifs is 2. The number of hydrogen-bond acceptors (Lipinski definition) is 5. The third-order valence-electron chi connectivity index (χ3n) is 4.52. The summed E-state index contributed by atoms with van der Waals surface area (Å²) in [5.41, 5.74) is 0.897. The van der Waals surface area contributed by atoms with Gasteiger partial charge in [-0.15, -0.1) is 0 Å². The lowest BCUT2D eigenvalue weighted by molar-refractivity contribution is 0.174. The highest BCUT2D eigenvalue weighted by molar-refractivity contribution is 5.70. The van der Waals surface area contributed by atoms with Gasteiger partial charge in [0.15, 0.2) is 17.1 Å². The maximum Gasteiger partial charge on any atom is 0.333 e. The van der Waals surface area contributed by atoms with E-state index in [4.69, 9.17) is 9.47 Å². The Morgan fingerprint density at radius 2 is 1.96 bits per heavy atom. The molecule has 8 heteroatoms. The summed E-state index contributed by atoms with van der Waals surface area (Å²) in [5, 5.41) is 0. The van der Waals surface area contributed by atoms with Crippen LogP contribution in [0.3, 0.4) is 0 Å². The molecule has 0 fully saturated rings. The summed E-state index contributed by atoms with van der Waals surface area (Å²) in [6, 6.07) is 5.54. The molecule has 0 bridgehead atoms. The summed E-state index contributed by atoms with van der Waals surface area (Å²) in [6.45, 7) is 6.52. The molecular weight excluding hydrogens is 336 g/mol. The van der Waals surface area contributed by atoms with E-state index in [2.05, 4.69) is 9.97 Å². The van der Waals surface area contributed by atoms with E-state index < -0.39 is 0 Å². The van der Waals surface area contributed by atoms with Crippen LogP contribution < -0.4 is 20.7 Å². The molecule has 0 unspecified atom stereocenters. The molecule has 4 rings (SSSR count). The van der Waals surface area contributed by atoms with E-state index in [9.17, 15) is 9.59 Å². The Morgan fingerprint density at radius 1 is 1.19 bits per heavy atom. The van der Waals surface area contributed by atoms with Gasteiger partial charge in [-0.2, -0.15) is 0 Å². The van der Waals surface area contributed by atoms with E-state index in [1.54, 1.807) is 6.92 Å². The molecule has 8 nitrogen and oxygen atoms in total. The van der Waals surface area contributed by atoms with Crippen molar-refractivity contribution in [1.29, 1.82) is 0 Å². The molecule has 136 valence electrons. The second kappa shape index (κ2) is 6.05. The number of rotatable bonds is 4. The average molecular weight is 356 g/mol. The van der Waals surface area contributed by atoms with Crippen molar-refractivity contribution in [2.45, 2.75) is 39.8 Å². The number of aromatic amines is 1. The fourth-order valence-corrected chi connectivity index (χ4v) is 3.10. The van der Waals surface area contributed by atoms with Crippen molar-refractivity contribution in [2.75, 3.05) is 6.79 Å². The fraction of sp³-hybridized carbons (Fsp3) is 0.389. The molecule has 26 heavy (non-hydrogen) atoms. The van der Waals surface area contributed by atoms with Crippen molar-refractivity contribution >= 4 is 11.2 Å². The summed E-state index contributed by atoms with van der Waals surface area (Å²) >= 11 is 0. The number of nitrogens with one attached hydrogen (secondary N) is 1. The Labute approximate surface area is 149 Å². The second-order valence-electron chi connectivity index (χ2n) is 6.58. The van der Waals surface area contributed by atoms with Gasteiger partial charge < -0.3 is 14.5 Å². The quantitative estimate of drug-likeness (QED) is 0.770. The molecule has 1 N–H and O–H groups in total. The van der Waals surface area contributed by atoms with Gasteiger partial charge in [-0.3, -0.25) is 13.9 Å². The number of aromatic nitrogens is 4. The van der Waals surface area contributed by atoms with Gasteiger partial charge >= 0.3 is 5.69 Å². The third-order valence-corrected chi connectivity index (χ3v) is 4.52. The van der Waals surface area contributed by atoms with Crippen LogP contribution in [0.5, 0.6) is 11.5 Å². The summed E-state index contributed by atoms with van der Waals surface area (Å²) in [6.07, 6.45) is 0. The van der Waals surface area contributed by atoms with Gasteiger partial charge in [0.1, 0.15) is 11.3 Å². The van der Waals surface area contributed by atoms with Crippen LogP contribution in [0.1, 0.15) is 38.1 Å². The lowest BCUT2D eigenvalue weighted by atomic mass is 10.2. The molecule has 0 atom stereocenters. The van der Waals surface area contributed by atoms with Gasteiger partial charge in [0.2, 0.25) is 6.79 Å². The number of benzene rings is 1. The molecule has 0 aliphatic carbocycles. The molecule has 0 spiro atoms. The number of hydrogen-bond donors (Lipinski definition) is 1. The first kappa shape index (κ1) is 16.4. The second-order valence-corrected chi connectivity index (χ2v) is 6.58. The van der Waals surface area contributed by atoms with Crippen molar-refractivity contribution in [1.82, 2.24) is 19.1 Å². The molecule has 1 aliphatic heterocycles. The molecule has 0 amide bonds. The highest BCUT2D eigenvalue weighted by atomic mass is 16.7. The maximum absolute atomic E-state index is 12.9. The zero-order valence-electron chi connectivity index (χ0n) is 14.9. The predicted octanol–water partition coefficient (Wildman–Crippen LogP) is 1.81. The fourth-order valence-electron chi connectivity index (χ4n) is 3.10. The summed E-state index contributed by atoms with van der Waals surface area (Å²) in [4.78, 5) is 33.1. The zero-order valence-corrected chi connectivity index (χ0v) is 14.9. The Kier molecular flexibility index (Phi) is 3.82. The average Bonchev–Trinajstić information content (AvgIpc) is 3.25. The van der Waals surface area contributed by atoms with Crippen LogP contribution in [-0.2, 0) is 13.1 Å². The summed E-state index contributed by atoms with van der Waals surface area (Å²) < 4.78 is 13.5. The summed E-state index contributed by atoms with van der Waals surface area (Å²) in [7, 11) is 0. The lowest BCUT2D eigenvalue weighted by Crippen LogP contribution is -2.39. The van der Waals surface area contributed by atoms with Gasteiger partial charge in [-0.25, -0.2) is 9.78 Å². The van der Waals surface area contributed by atoms with Crippen molar-refractivity contribution in [2.24, 2.45) is 0 Å². The molecule has 2 aromatic heterocycles. The highest BCUT2D eigenvalue weighted by Gasteiger charge is 2.19. The first-order valence-electron chi connectivity index (χ1n) is 8.61. The third kappa shape index (κ3) is 2.49. The van der Waals surface area contributed by atoms with Crippen LogP contribution in [0, 0.1) is 0 Å². The molecule has 3 heterocycles. The molecule has 3 aromatic rings. The number of ether oxygens (including phenoxy) is 2. The van der Waals surface area contributed by atoms with Crippen molar-refractivity contribution in [3.8, 4) is 11.5 Å². The van der Waals surface area contributed by atoms with Gasteiger partial charge in [0.05, 0.1) is 6.54 Å². The van der Waals surface area contributed by atoms with Gasteiger partial charge in [0.25, 0.3) is 5.56 Å². The SMILES string of the molecule is CCn1c(=O)c2[nH]c(C(C)C)nc2n(Cc2ccc3c(c2)OCO3)c1=O. The lowest BCUT2D eigenvalue weighted by Gasteiger charge is -2.10. The summed E-state index contributed by atoms with van der Waals surface area (Å²) in [5.74, 6) is 2.14. The van der Waals surface area contributed by atoms with Crippen LogP contribution in [0.2, 0.25) is 0 Å². The molecule has 1 aliphatic rings. The van der Waals surface area contributed by atoms with Crippen molar-refractivity contribution in [3.63, 3.8) is 0 Å². The Hall–Kier alpha value is -3.03. The van der Waals surface area contributed by atoms with Gasteiger partial charge in [0, 0.05) is 12.5 Å². The number of H-pyrrole nitrogens is 1. The van der Waals surface area contributed by atoms with E-state index >= 15 is 0 Å². The van der Waals surface area contributed by atoms with Crippen LogP contribution in [0.4, 0.5) is 0 Å². The van der Waals surface area contributed by atoms with E-state index in [1.165, 1.54) is 9.13 Å². The van der Waals surface area contributed by atoms with Crippen LogP contribution in [0.15, 0.2) is 27.8 Å². The van der Waals surface area contributed by atoms with E-state index in [1.807, 2.05) is 32.0 Å². The van der Waals surface area contributed by atoms with Crippen LogP contribution in [0.25, 0.3) is 11.2 Å². The monoisotopic (exact) mass is 356 g/mol. The topological polar surface area (TPSA) is 91.1 Å². The number of nitrogens with zero attached hydrogens (tertiary/aromatic N) is 3. The smallest absolute Gasteiger partial charge is 0.333 e. The molecule has 0 saturated heterocycles. The van der Waals surface area contributed by atoms with Gasteiger partial charge in [-0.05, 0) is 24.6 Å². The van der Waals surface area contributed by atoms with Gasteiger partial charge in [-0.1, -0.05) is 19.9 Å². The Balaban J connectivity index is 1.90. The minimum atomic E-state index is -0.371. The Morgan fingerprint density at radius 3 is 2.69 bits per heavy atom. The van der Waals surface area contributed by atoms with Crippen molar-refractivity contribution in [3.05, 3.63) is 50.4 Å². The first-order chi connectivity index (χ1) is 12.5. The molecule has 1 aromatic carbocycles. The van der Waals surface area contributed by atoms with E-state index in [0.29, 0.717) is 35.0 Å². The molecular formula is C18H20N4O4. The molecule has 0 saturated carbocycles. The Bertz CT molecular complexity index is 1110. The van der Waals surface area contributed by atoms with E-state index in [0.717, 1.165) is 5.56 Å². The van der Waals surface area contributed by atoms with Crippen LogP contribution in [-0.4, -0.2) is 25.9 Å². The number of imidazole rings is 1. The van der Waals surface area contributed by atoms with Crippen molar-refractivity contribution < 1.29 is 9.47 Å². The zero-order chi connectivity index (χ0) is 18.4. The standard InChI is InChI=1S/C18H20N4O4/c1-4-21-17(23)14-16(20-15(19-14)10(2)3)22(18(21)24)8-11-5-6-12-13(7-11)26-9-25-12/h5-7,10H,4,8-9H2,1-3H3,(H,19,20). The largest absolute Gasteiger partial charge is 0.454 e. The minimum Gasteiger partial charge on any atom is -0.454 e.